The average Bonchev–Trinajstić information content (AvgIpc) is 2.81. The molecule has 9 heteroatoms. The highest BCUT2D eigenvalue weighted by atomic mass is 32.1. The number of rotatable bonds is 3. The first-order valence-electron chi connectivity index (χ1n) is 11.6. The molecule has 182 valence electrons. The third-order valence-corrected chi connectivity index (χ3v) is 6.14. The lowest BCUT2D eigenvalue weighted by molar-refractivity contribution is 0.385. The van der Waals surface area contributed by atoms with Gasteiger partial charge in [0.1, 0.15) is 5.82 Å². The minimum absolute atomic E-state index is 0.232. The van der Waals surface area contributed by atoms with Crippen LogP contribution in [0.2, 0.25) is 0 Å². The number of anilines is 3. The minimum atomic E-state index is -0.232. The highest BCUT2D eigenvalue weighted by Crippen LogP contribution is 2.18. The molecule has 0 saturated carbocycles. The number of aromatic nitrogens is 2. The number of halogens is 1. The second-order valence-corrected chi connectivity index (χ2v) is 9.10. The van der Waals surface area contributed by atoms with E-state index in [1.807, 2.05) is 38.1 Å². The zero-order valence-electron chi connectivity index (χ0n) is 20.5. The van der Waals surface area contributed by atoms with E-state index in [1.54, 1.807) is 0 Å². The van der Waals surface area contributed by atoms with Crippen molar-refractivity contribution < 1.29 is 4.39 Å². The SMILES string of the molecule is Cc1cc(C)nc(N/C(=N/C(=S)Nc2ccc(C)c(C)c2)N2CCN(c3ccc(F)cc3)CC2)n1. The molecule has 2 aromatic carbocycles. The zero-order chi connectivity index (χ0) is 24.9. The molecule has 3 aromatic rings. The van der Waals surface area contributed by atoms with Crippen molar-refractivity contribution >= 4 is 40.6 Å². The Morgan fingerprint density at radius 1 is 0.857 bits per heavy atom. The van der Waals surface area contributed by atoms with Gasteiger partial charge in [0.2, 0.25) is 17.0 Å². The molecule has 1 aliphatic heterocycles. The fourth-order valence-electron chi connectivity index (χ4n) is 3.95. The summed E-state index contributed by atoms with van der Waals surface area (Å²) in [5, 5.41) is 6.85. The number of guanidine groups is 1. The summed E-state index contributed by atoms with van der Waals surface area (Å²) in [6.45, 7) is 11.0. The lowest BCUT2D eigenvalue weighted by atomic mass is 10.1. The molecule has 7 nitrogen and oxygen atoms in total. The van der Waals surface area contributed by atoms with Gasteiger partial charge in [-0.15, -0.1) is 0 Å². The molecule has 0 aliphatic carbocycles. The third kappa shape index (κ3) is 6.51. The number of nitrogens with zero attached hydrogens (tertiary/aromatic N) is 5. The maximum Gasteiger partial charge on any atom is 0.229 e. The fraction of sp³-hybridized carbons (Fsp3) is 0.308. The summed E-state index contributed by atoms with van der Waals surface area (Å²) < 4.78 is 13.3. The number of aliphatic imine (C=N–C) groups is 1. The zero-order valence-corrected chi connectivity index (χ0v) is 21.3. The molecule has 35 heavy (non-hydrogen) atoms. The lowest BCUT2D eigenvalue weighted by Gasteiger charge is -2.37. The molecule has 1 saturated heterocycles. The van der Waals surface area contributed by atoms with Crippen LogP contribution in [0.4, 0.5) is 21.7 Å². The first kappa shape index (κ1) is 24.5. The van der Waals surface area contributed by atoms with Crippen LogP contribution in [-0.4, -0.2) is 52.1 Å². The van der Waals surface area contributed by atoms with E-state index in [1.165, 1.54) is 23.3 Å². The predicted octanol–water partition coefficient (Wildman–Crippen LogP) is 4.84. The van der Waals surface area contributed by atoms with Gasteiger partial charge >= 0.3 is 0 Å². The summed E-state index contributed by atoms with van der Waals surface area (Å²) >= 11 is 5.59. The molecule has 0 radical (unpaired) electrons. The molecule has 1 aromatic heterocycles. The van der Waals surface area contributed by atoms with Crippen LogP contribution in [0.3, 0.4) is 0 Å². The average molecular weight is 492 g/mol. The standard InChI is InChI=1S/C26H30FN7S/c1-17-5-8-22(15-18(17)2)30-26(35)32-25(31-24-28-19(3)16-20(4)29-24)34-13-11-33(12-14-34)23-9-6-21(27)7-10-23/h5-10,15-16H,11-14H2,1-4H3,(H2,28,29,30,31,32,35). The molecular weight excluding hydrogens is 461 g/mol. The summed E-state index contributed by atoms with van der Waals surface area (Å²) in [5.74, 6) is 0.843. The highest BCUT2D eigenvalue weighted by Gasteiger charge is 2.22. The molecule has 0 spiro atoms. The van der Waals surface area contributed by atoms with E-state index in [-0.39, 0.29) is 5.82 Å². The third-order valence-electron chi connectivity index (χ3n) is 5.94. The molecule has 0 unspecified atom stereocenters. The molecule has 0 bridgehead atoms. The Hall–Kier alpha value is -3.59. The van der Waals surface area contributed by atoms with Crippen LogP contribution in [-0.2, 0) is 0 Å². The second kappa shape index (κ2) is 10.8. The van der Waals surface area contributed by atoms with E-state index in [9.17, 15) is 4.39 Å². The monoisotopic (exact) mass is 491 g/mol. The Labute approximate surface area is 211 Å². The van der Waals surface area contributed by atoms with Crippen molar-refractivity contribution in [1.29, 1.82) is 0 Å². The van der Waals surface area contributed by atoms with Crippen molar-refractivity contribution in [3.05, 3.63) is 76.9 Å². The van der Waals surface area contributed by atoms with E-state index in [2.05, 4.69) is 56.4 Å². The number of hydrogen-bond acceptors (Lipinski definition) is 4. The van der Waals surface area contributed by atoms with E-state index < -0.39 is 0 Å². The number of benzene rings is 2. The first-order chi connectivity index (χ1) is 16.8. The normalized spacial score (nSPS) is 14.1. The molecule has 1 fully saturated rings. The quantitative estimate of drug-likeness (QED) is 0.309. The van der Waals surface area contributed by atoms with Crippen molar-refractivity contribution in [3.8, 4) is 0 Å². The maximum absolute atomic E-state index is 13.3. The van der Waals surface area contributed by atoms with Crippen molar-refractivity contribution in [1.82, 2.24) is 14.9 Å². The van der Waals surface area contributed by atoms with Gasteiger partial charge in [-0.3, -0.25) is 5.32 Å². The molecule has 2 N–H and O–H groups in total. The molecule has 2 heterocycles. The Bertz CT molecular complexity index is 1210. The van der Waals surface area contributed by atoms with Gasteiger partial charge in [0.05, 0.1) is 0 Å². The van der Waals surface area contributed by atoms with Gasteiger partial charge in [-0.2, -0.15) is 4.99 Å². The smallest absolute Gasteiger partial charge is 0.229 e. The van der Waals surface area contributed by atoms with Crippen LogP contribution in [0.1, 0.15) is 22.5 Å². The topological polar surface area (TPSA) is 68.7 Å². The summed E-state index contributed by atoms with van der Waals surface area (Å²) in [7, 11) is 0. The van der Waals surface area contributed by atoms with Crippen molar-refractivity contribution in [3.63, 3.8) is 0 Å². The number of hydrogen-bond donors (Lipinski definition) is 2. The molecule has 4 rings (SSSR count). The van der Waals surface area contributed by atoms with Crippen LogP contribution in [0.15, 0.2) is 53.5 Å². The Kier molecular flexibility index (Phi) is 7.55. The fourth-order valence-corrected chi connectivity index (χ4v) is 4.16. The second-order valence-electron chi connectivity index (χ2n) is 8.71. The van der Waals surface area contributed by atoms with Gasteiger partial charge in [0, 0.05) is 48.9 Å². The van der Waals surface area contributed by atoms with Crippen LogP contribution in [0.5, 0.6) is 0 Å². The number of thiocarbonyl (C=S) groups is 1. The van der Waals surface area contributed by atoms with E-state index in [0.29, 0.717) is 30.1 Å². The minimum Gasteiger partial charge on any atom is -0.368 e. The van der Waals surface area contributed by atoms with Crippen molar-refractivity contribution in [2.24, 2.45) is 4.99 Å². The Morgan fingerprint density at radius 3 is 2.14 bits per heavy atom. The highest BCUT2D eigenvalue weighted by molar-refractivity contribution is 7.80. The van der Waals surface area contributed by atoms with Crippen LogP contribution >= 0.6 is 12.2 Å². The largest absolute Gasteiger partial charge is 0.368 e. The Balaban J connectivity index is 1.53. The summed E-state index contributed by atoms with van der Waals surface area (Å²) in [6, 6.07) is 14.6. The van der Waals surface area contributed by atoms with Gasteiger partial charge in [-0.25, -0.2) is 14.4 Å². The summed E-state index contributed by atoms with van der Waals surface area (Å²) in [6.07, 6.45) is 0. The predicted molar refractivity (Wildman–Crippen MR) is 145 cm³/mol. The molecule has 1 aliphatic rings. The van der Waals surface area contributed by atoms with E-state index in [4.69, 9.17) is 17.2 Å². The van der Waals surface area contributed by atoms with Crippen LogP contribution in [0, 0.1) is 33.5 Å². The number of nitrogens with one attached hydrogen (secondary N) is 2. The Morgan fingerprint density at radius 2 is 1.51 bits per heavy atom. The van der Waals surface area contributed by atoms with Gasteiger partial charge < -0.3 is 15.1 Å². The van der Waals surface area contributed by atoms with Gasteiger partial charge in [0.25, 0.3) is 0 Å². The summed E-state index contributed by atoms with van der Waals surface area (Å²) in [4.78, 5) is 18.1. The molecular formula is C26H30FN7S. The van der Waals surface area contributed by atoms with Crippen molar-refractivity contribution in [2.45, 2.75) is 27.7 Å². The molecule has 0 amide bonds. The maximum atomic E-state index is 13.3. The number of aryl methyl sites for hydroxylation is 4. The van der Waals surface area contributed by atoms with Gasteiger partial charge in [0.15, 0.2) is 0 Å². The lowest BCUT2D eigenvalue weighted by Crippen LogP contribution is -2.51. The van der Waals surface area contributed by atoms with Crippen molar-refractivity contribution in [2.75, 3.05) is 41.7 Å². The summed E-state index contributed by atoms with van der Waals surface area (Å²) in [5.41, 5.74) is 6.04. The van der Waals surface area contributed by atoms with Gasteiger partial charge in [-0.05, 0) is 93.5 Å². The van der Waals surface area contributed by atoms with E-state index >= 15 is 0 Å². The number of piperazine rings is 1. The first-order valence-corrected chi connectivity index (χ1v) is 12.0. The van der Waals surface area contributed by atoms with Crippen LogP contribution < -0.4 is 15.5 Å². The van der Waals surface area contributed by atoms with Crippen LogP contribution in [0.25, 0.3) is 0 Å². The molecule has 0 atom stereocenters. The van der Waals surface area contributed by atoms with Gasteiger partial charge in [-0.1, -0.05) is 6.07 Å². The van der Waals surface area contributed by atoms with E-state index in [0.717, 1.165) is 35.9 Å².